The molecule has 3 aromatic heterocycles. The van der Waals surface area contributed by atoms with Gasteiger partial charge in [0, 0.05) is 36.4 Å². The van der Waals surface area contributed by atoms with Crippen molar-refractivity contribution in [2.45, 2.75) is 23.9 Å². The molecule has 0 spiro atoms. The molecule has 29 heavy (non-hydrogen) atoms. The molecule has 9 heteroatoms. The molecular weight excluding hydrogens is 406 g/mol. The van der Waals surface area contributed by atoms with E-state index in [0.29, 0.717) is 23.7 Å². The number of hydrogen-bond donors (Lipinski definition) is 0. The highest BCUT2D eigenvalue weighted by molar-refractivity contribution is 7.98. The third-order valence-corrected chi connectivity index (χ3v) is 6.09. The lowest BCUT2D eigenvalue weighted by molar-refractivity contribution is 0.414. The minimum atomic E-state index is -0.0698. The molecule has 1 aromatic carbocycles. The van der Waals surface area contributed by atoms with Gasteiger partial charge in [-0.15, -0.1) is 28.1 Å². The molecule has 0 unspecified atom stereocenters. The summed E-state index contributed by atoms with van der Waals surface area (Å²) in [6.07, 6.45) is 4.22. The second-order valence-electron chi connectivity index (χ2n) is 6.25. The Bertz CT molecular complexity index is 1190. The monoisotopic (exact) mass is 425 g/mol. The van der Waals surface area contributed by atoms with Crippen molar-refractivity contribution in [1.82, 2.24) is 24.1 Å². The topological polar surface area (TPSA) is 74.3 Å². The number of aromatic nitrogens is 5. The van der Waals surface area contributed by atoms with Crippen molar-refractivity contribution in [3.8, 4) is 5.75 Å². The second kappa shape index (κ2) is 8.62. The van der Waals surface area contributed by atoms with E-state index in [1.165, 1.54) is 23.1 Å². The van der Waals surface area contributed by atoms with E-state index in [2.05, 4.69) is 21.8 Å². The van der Waals surface area contributed by atoms with Gasteiger partial charge < -0.3 is 9.30 Å². The molecule has 0 saturated carbocycles. The van der Waals surface area contributed by atoms with Crippen LogP contribution in [0.5, 0.6) is 5.75 Å². The highest BCUT2D eigenvalue weighted by atomic mass is 32.2. The molecule has 0 atom stereocenters. The van der Waals surface area contributed by atoms with Crippen molar-refractivity contribution >= 4 is 28.1 Å². The Morgan fingerprint density at radius 2 is 2.10 bits per heavy atom. The largest absolute Gasteiger partial charge is 0.497 e. The SMILES string of the molecule is C=CCn1c(Cc2ccc(OC)cc2)nnc1SCc1cc(=O)n2ccsc2n1. The van der Waals surface area contributed by atoms with E-state index in [1.54, 1.807) is 23.8 Å². The Morgan fingerprint density at radius 1 is 1.28 bits per heavy atom. The van der Waals surface area contributed by atoms with Gasteiger partial charge >= 0.3 is 0 Å². The first-order chi connectivity index (χ1) is 14.2. The average molecular weight is 426 g/mol. The Hall–Kier alpha value is -2.91. The number of ether oxygens (including phenoxy) is 1. The summed E-state index contributed by atoms with van der Waals surface area (Å²) in [7, 11) is 1.65. The fourth-order valence-corrected chi connectivity index (χ4v) is 4.49. The fraction of sp³-hybridized carbons (Fsp3) is 0.200. The Kier molecular flexibility index (Phi) is 5.77. The van der Waals surface area contributed by atoms with Crippen LogP contribution in [-0.4, -0.2) is 31.3 Å². The summed E-state index contributed by atoms with van der Waals surface area (Å²) in [5, 5.41) is 11.4. The minimum Gasteiger partial charge on any atom is -0.497 e. The predicted molar refractivity (Wildman–Crippen MR) is 115 cm³/mol. The zero-order chi connectivity index (χ0) is 20.2. The molecule has 4 rings (SSSR count). The van der Waals surface area contributed by atoms with E-state index >= 15 is 0 Å². The second-order valence-corrected chi connectivity index (χ2v) is 8.07. The van der Waals surface area contributed by atoms with Gasteiger partial charge in [0.15, 0.2) is 10.1 Å². The third kappa shape index (κ3) is 4.25. The number of allylic oxidation sites excluding steroid dienone is 1. The molecule has 0 amide bonds. The molecule has 148 valence electrons. The molecule has 7 nitrogen and oxygen atoms in total. The highest BCUT2D eigenvalue weighted by Gasteiger charge is 2.13. The van der Waals surface area contributed by atoms with Gasteiger partial charge in [-0.2, -0.15) is 0 Å². The van der Waals surface area contributed by atoms with Crippen LogP contribution in [0.3, 0.4) is 0 Å². The van der Waals surface area contributed by atoms with Crippen LogP contribution < -0.4 is 10.3 Å². The van der Waals surface area contributed by atoms with Gasteiger partial charge in [-0.3, -0.25) is 9.20 Å². The zero-order valence-electron chi connectivity index (χ0n) is 15.8. The number of rotatable bonds is 8. The lowest BCUT2D eigenvalue weighted by Crippen LogP contribution is -2.12. The van der Waals surface area contributed by atoms with Gasteiger partial charge in [0.2, 0.25) is 0 Å². The Balaban J connectivity index is 1.53. The predicted octanol–water partition coefficient (Wildman–Crippen LogP) is 3.43. The van der Waals surface area contributed by atoms with Crippen LogP contribution in [0.2, 0.25) is 0 Å². The standard InChI is InChI=1S/C20H19N5O2S2/c1-3-8-24-17(11-14-4-6-16(27-2)7-5-14)22-23-20(24)29-13-15-12-18(26)25-9-10-28-19(25)21-15/h3-7,9-10,12H,1,8,11,13H2,2H3. The normalized spacial score (nSPS) is 11.1. The quantitative estimate of drug-likeness (QED) is 0.318. The summed E-state index contributed by atoms with van der Waals surface area (Å²) in [6, 6.07) is 9.48. The number of thiazole rings is 1. The van der Waals surface area contributed by atoms with E-state index in [0.717, 1.165) is 28.0 Å². The maximum atomic E-state index is 12.2. The number of methoxy groups -OCH3 is 1. The lowest BCUT2D eigenvalue weighted by atomic mass is 10.1. The molecular formula is C20H19N5O2S2. The van der Waals surface area contributed by atoms with E-state index in [1.807, 2.05) is 40.3 Å². The van der Waals surface area contributed by atoms with Gasteiger partial charge in [-0.1, -0.05) is 30.0 Å². The van der Waals surface area contributed by atoms with Gasteiger partial charge in [-0.05, 0) is 17.7 Å². The van der Waals surface area contributed by atoms with Crippen molar-refractivity contribution in [3.63, 3.8) is 0 Å². The first-order valence-corrected chi connectivity index (χ1v) is 10.8. The van der Waals surface area contributed by atoms with Gasteiger partial charge in [0.1, 0.15) is 11.6 Å². The molecule has 0 radical (unpaired) electrons. The molecule has 4 aromatic rings. The summed E-state index contributed by atoms with van der Waals surface area (Å²) in [6.45, 7) is 4.46. The summed E-state index contributed by atoms with van der Waals surface area (Å²) in [5.41, 5.74) is 1.78. The van der Waals surface area contributed by atoms with E-state index in [-0.39, 0.29) is 5.56 Å². The summed E-state index contributed by atoms with van der Waals surface area (Å²) in [5.74, 6) is 2.23. The van der Waals surface area contributed by atoms with Crippen LogP contribution in [0.4, 0.5) is 0 Å². The van der Waals surface area contributed by atoms with E-state index in [9.17, 15) is 4.79 Å². The van der Waals surface area contributed by atoms with E-state index < -0.39 is 0 Å². The maximum absolute atomic E-state index is 12.2. The maximum Gasteiger partial charge on any atom is 0.258 e. The Labute approximate surface area is 175 Å². The van der Waals surface area contributed by atoms with E-state index in [4.69, 9.17) is 4.74 Å². The fourth-order valence-electron chi connectivity index (χ4n) is 2.90. The van der Waals surface area contributed by atoms with Crippen LogP contribution in [0, 0.1) is 0 Å². The van der Waals surface area contributed by atoms with Gasteiger partial charge in [-0.25, -0.2) is 4.98 Å². The molecule has 3 heterocycles. The molecule has 0 aliphatic carbocycles. The molecule has 0 bridgehead atoms. The van der Waals surface area contributed by atoms with Gasteiger partial charge in [0.05, 0.1) is 12.8 Å². The van der Waals surface area contributed by atoms with Crippen molar-refractivity contribution in [2.75, 3.05) is 7.11 Å². The molecule has 0 aliphatic heterocycles. The average Bonchev–Trinajstić information content (AvgIpc) is 3.35. The zero-order valence-corrected chi connectivity index (χ0v) is 17.4. The highest BCUT2D eigenvalue weighted by Crippen LogP contribution is 2.23. The van der Waals surface area contributed by atoms with Gasteiger partial charge in [0.25, 0.3) is 5.56 Å². The minimum absolute atomic E-state index is 0.0698. The summed E-state index contributed by atoms with van der Waals surface area (Å²) < 4.78 is 8.80. The summed E-state index contributed by atoms with van der Waals surface area (Å²) >= 11 is 2.96. The van der Waals surface area contributed by atoms with Crippen LogP contribution in [-0.2, 0) is 18.7 Å². The number of nitrogens with zero attached hydrogens (tertiary/aromatic N) is 5. The Morgan fingerprint density at radius 3 is 2.86 bits per heavy atom. The van der Waals surface area contributed by atoms with Crippen molar-refractivity contribution in [1.29, 1.82) is 0 Å². The van der Waals surface area contributed by atoms with Crippen LogP contribution in [0.1, 0.15) is 17.1 Å². The van der Waals surface area contributed by atoms with Crippen molar-refractivity contribution in [2.24, 2.45) is 0 Å². The third-order valence-electron chi connectivity index (χ3n) is 4.33. The van der Waals surface area contributed by atoms with Crippen LogP contribution in [0.15, 0.2) is 64.5 Å². The molecule has 0 saturated heterocycles. The molecule has 0 aliphatic rings. The van der Waals surface area contributed by atoms with Crippen LogP contribution in [0.25, 0.3) is 4.96 Å². The lowest BCUT2D eigenvalue weighted by Gasteiger charge is -2.08. The summed E-state index contributed by atoms with van der Waals surface area (Å²) in [4.78, 5) is 17.4. The molecule has 0 fully saturated rings. The number of thioether (sulfide) groups is 1. The number of fused-ring (bicyclic) bond motifs is 1. The number of hydrogen-bond acceptors (Lipinski definition) is 7. The first kappa shape index (κ1) is 19.4. The first-order valence-electron chi connectivity index (χ1n) is 8.92. The molecule has 0 N–H and O–H groups in total. The number of benzene rings is 1. The van der Waals surface area contributed by atoms with Crippen LogP contribution >= 0.6 is 23.1 Å². The smallest absolute Gasteiger partial charge is 0.258 e. The van der Waals surface area contributed by atoms with Crippen molar-refractivity contribution in [3.05, 3.63) is 82.0 Å². The van der Waals surface area contributed by atoms with Crippen molar-refractivity contribution < 1.29 is 4.74 Å².